The Kier molecular flexibility index (Phi) is 3.67. The molecule has 5 nitrogen and oxygen atoms in total. The highest BCUT2D eigenvalue weighted by Gasteiger charge is 2.20. The van der Waals surface area contributed by atoms with Crippen LogP contribution in [0.15, 0.2) is 30.3 Å². The molecule has 2 rings (SSSR count). The van der Waals surface area contributed by atoms with Gasteiger partial charge in [-0.15, -0.1) is 0 Å². The quantitative estimate of drug-likeness (QED) is 0.746. The average Bonchev–Trinajstić information content (AvgIpc) is 2.41. The van der Waals surface area contributed by atoms with Crippen molar-refractivity contribution < 1.29 is 9.59 Å². The molecule has 0 aliphatic carbocycles. The van der Waals surface area contributed by atoms with Crippen molar-refractivity contribution in [3.8, 4) is 11.1 Å². The van der Waals surface area contributed by atoms with Gasteiger partial charge in [0.15, 0.2) is 0 Å². The number of benzene rings is 2. The molecule has 0 aliphatic heterocycles. The smallest absolute Gasteiger partial charge is 0.249 e. The first kappa shape index (κ1) is 14.6. The summed E-state index contributed by atoms with van der Waals surface area (Å²) in [5, 5.41) is 0. The molecule has 0 radical (unpaired) electrons. The van der Waals surface area contributed by atoms with Crippen molar-refractivity contribution in [2.45, 2.75) is 13.8 Å². The summed E-state index contributed by atoms with van der Waals surface area (Å²) >= 11 is 0. The summed E-state index contributed by atoms with van der Waals surface area (Å²) in [5.41, 5.74) is 20.6. The lowest BCUT2D eigenvalue weighted by molar-refractivity contribution is 0.0987. The Labute approximate surface area is 122 Å². The minimum absolute atomic E-state index is 0.379. The summed E-state index contributed by atoms with van der Waals surface area (Å²) < 4.78 is 0. The molecule has 2 aromatic carbocycles. The Morgan fingerprint density at radius 1 is 0.952 bits per heavy atom. The Morgan fingerprint density at radius 2 is 1.52 bits per heavy atom. The van der Waals surface area contributed by atoms with Crippen molar-refractivity contribution in [2.75, 3.05) is 5.73 Å². The van der Waals surface area contributed by atoms with Crippen LogP contribution in [0.5, 0.6) is 0 Å². The molecule has 0 atom stereocenters. The molecular weight excluding hydrogens is 266 g/mol. The van der Waals surface area contributed by atoms with Crippen LogP contribution >= 0.6 is 0 Å². The Hall–Kier alpha value is -2.82. The topological polar surface area (TPSA) is 112 Å². The molecule has 2 aromatic rings. The summed E-state index contributed by atoms with van der Waals surface area (Å²) in [6, 6.07) is 8.62. The summed E-state index contributed by atoms with van der Waals surface area (Å²) in [7, 11) is 0. The molecule has 6 N–H and O–H groups in total. The van der Waals surface area contributed by atoms with Gasteiger partial charge in [0.2, 0.25) is 11.8 Å². The van der Waals surface area contributed by atoms with E-state index >= 15 is 0 Å². The van der Waals surface area contributed by atoms with E-state index in [9.17, 15) is 9.59 Å². The van der Waals surface area contributed by atoms with Crippen LogP contribution in [0.25, 0.3) is 11.1 Å². The van der Waals surface area contributed by atoms with Crippen molar-refractivity contribution in [3.05, 3.63) is 52.6 Å². The van der Waals surface area contributed by atoms with Crippen LogP contribution in [0.4, 0.5) is 5.69 Å². The Balaban J connectivity index is 2.86. The van der Waals surface area contributed by atoms with Crippen molar-refractivity contribution >= 4 is 17.5 Å². The molecular formula is C16H17N3O2. The maximum absolute atomic E-state index is 11.8. The van der Waals surface area contributed by atoms with Crippen molar-refractivity contribution in [3.63, 3.8) is 0 Å². The summed E-state index contributed by atoms with van der Waals surface area (Å²) in [6.45, 7) is 3.48. The minimum Gasteiger partial charge on any atom is -0.399 e. The first-order valence-electron chi connectivity index (χ1n) is 6.42. The van der Waals surface area contributed by atoms with Crippen LogP contribution in [-0.4, -0.2) is 11.8 Å². The van der Waals surface area contributed by atoms with Crippen LogP contribution in [0.1, 0.15) is 31.8 Å². The fourth-order valence-corrected chi connectivity index (χ4v) is 2.50. The van der Waals surface area contributed by atoms with E-state index in [2.05, 4.69) is 0 Å². The van der Waals surface area contributed by atoms with Crippen molar-refractivity contribution in [1.82, 2.24) is 0 Å². The SMILES string of the molecule is Cc1cc(C(N)=O)c(C)c(-c2ccc(N)cc2)c1C(N)=O. The Morgan fingerprint density at radius 3 is 2.00 bits per heavy atom. The zero-order chi connectivity index (χ0) is 15.7. The van der Waals surface area contributed by atoms with Crippen LogP contribution in [-0.2, 0) is 0 Å². The molecule has 0 heterocycles. The number of rotatable bonds is 3. The molecule has 0 bridgehead atoms. The number of anilines is 1. The molecule has 5 heteroatoms. The first-order valence-corrected chi connectivity index (χ1v) is 6.42. The molecule has 0 aliphatic rings. The Bertz CT molecular complexity index is 734. The number of primary amides is 2. The third kappa shape index (κ3) is 2.58. The van der Waals surface area contributed by atoms with Gasteiger partial charge in [0.05, 0.1) is 5.56 Å². The second kappa shape index (κ2) is 5.28. The van der Waals surface area contributed by atoms with Crippen molar-refractivity contribution in [2.24, 2.45) is 11.5 Å². The lowest BCUT2D eigenvalue weighted by Crippen LogP contribution is -2.19. The number of hydrogen-bond acceptors (Lipinski definition) is 3. The molecule has 0 fully saturated rings. The first-order chi connectivity index (χ1) is 9.82. The number of hydrogen-bond donors (Lipinski definition) is 3. The van der Waals surface area contributed by atoms with E-state index in [4.69, 9.17) is 17.2 Å². The number of carbonyl (C=O) groups excluding carboxylic acids is 2. The lowest BCUT2D eigenvalue weighted by Gasteiger charge is -2.16. The van der Waals surface area contributed by atoms with Crippen molar-refractivity contribution in [1.29, 1.82) is 0 Å². The van der Waals surface area contributed by atoms with Crippen LogP contribution in [0.2, 0.25) is 0 Å². The predicted molar refractivity (Wildman–Crippen MR) is 82.8 cm³/mol. The van der Waals surface area contributed by atoms with Gasteiger partial charge >= 0.3 is 0 Å². The second-order valence-electron chi connectivity index (χ2n) is 4.97. The number of carbonyl (C=O) groups is 2. The molecule has 0 aromatic heterocycles. The van der Waals surface area contributed by atoms with Gasteiger partial charge in [0.1, 0.15) is 0 Å². The standard InChI is InChI=1S/C16H17N3O2/c1-8-7-12(15(18)20)9(2)14(13(8)16(19)21)10-3-5-11(17)6-4-10/h3-7H,17H2,1-2H3,(H2,18,20)(H2,19,21). The normalized spacial score (nSPS) is 10.4. The highest BCUT2D eigenvalue weighted by molar-refractivity contribution is 6.05. The van der Waals surface area contributed by atoms with Gasteiger partial charge < -0.3 is 17.2 Å². The molecule has 0 saturated heterocycles. The predicted octanol–water partition coefficient (Wildman–Crippen LogP) is 1.75. The molecule has 0 unspecified atom stereocenters. The van der Waals surface area contributed by atoms with Gasteiger partial charge in [-0.05, 0) is 54.3 Å². The van der Waals surface area contributed by atoms with E-state index in [1.54, 1.807) is 44.2 Å². The zero-order valence-corrected chi connectivity index (χ0v) is 11.9. The monoisotopic (exact) mass is 283 g/mol. The highest BCUT2D eigenvalue weighted by Crippen LogP contribution is 2.32. The average molecular weight is 283 g/mol. The van der Waals surface area contributed by atoms with Gasteiger partial charge in [-0.2, -0.15) is 0 Å². The van der Waals surface area contributed by atoms with E-state index in [-0.39, 0.29) is 0 Å². The molecule has 0 saturated carbocycles. The van der Waals surface area contributed by atoms with Gasteiger partial charge in [0, 0.05) is 11.3 Å². The second-order valence-corrected chi connectivity index (χ2v) is 4.97. The fraction of sp³-hybridized carbons (Fsp3) is 0.125. The number of nitrogen functional groups attached to an aromatic ring is 1. The van der Waals surface area contributed by atoms with Crippen LogP contribution in [0.3, 0.4) is 0 Å². The van der Waals surface area contributed by atoms with Gasteiger partial charge in [0.25, 0.3) is 0 Å². The van der Waals surface area contributed by atoms with E-state index < -0.39 is 11.8 Å². The van der Waals surface area contributed by atoms with E-state index in [1.165, 1.54) is 0 Å². The van der Waals surface area contributed by atoms with Gasteiger partial charge in [-0.3, -0.25) is 9.59 Å². The maximum atomic E-state index is 11.8. The van der Waals surface area contributed by atoms with Crippen LogP contribution < -0.4 is 17.2 Å². The van der Waals surface area contributed by atoms with E-state index in [1.807, 2.05) is 0 Å². The molecule has 108 valence electrons. The molecule has 0 spiro atoms. The number of nitrogens with two attached hydrogens (primary N) is 3. The summed E-state index contributed by atoms with van der Waals surface area (Å²) in [6.07, 6.45) is 0. The van der Waals surface area contributed by atoms with Gasteiger partial charge in [-0.25, -0.2) is 0 Å². The number of amides is 2. The third-order valence-electron chi connectivity index (χ3n) is 3.50. The largest absolute Gasteiger partial charge is 0.399 e. The van der Waals surface area contributed by atoms with Crippen LogP contribution in [0, 0.1) is 13.8 Å². The zero-order valence-electron chi connectivity index (χ0n) is 11.9. The molecule has 21 heavy (non-hydrogen) atoms. The fourth-order valence-electron chi connectivity index (χ4n) is 2.50. The summed E-state index contributed by atoms with van der Waals surface area (Å²) in [4.78, 5) is 23.4. The molecule has 2 amide bonds. The summed E-state index contributed by atoms with van der Waals surface area (Å²) in [5.74, 6) is -1.08. The third-order valence-corrected chi connectivity index (χ3v) is 3.50. The number of aryl methyl sites for hydroxylation is 1. The van der Waals surface area contributed by atoms with E-state index in [0.29, 0.717) is 33.5 Å². The minimum atomic E-state index is -0.543. The maximum Gasteiger partial charge on any atom is 0.249 e. The van der Waals surface area contributed by atoms with Gasteiger partial charge in [-0.1, -0.05) is 12.1 Å². The lowest BCUT2D eigenvalue weighted by atomic mass is 9.88. The highest BCUT2D eigenvalue weighted by atomic mass is 16.1. The van der Waals surface area contributed by atoms with E-state index in [0.717, 1.165) is 5.56 Å².